The van der Waals surface area contributed by atoms with Crippen molar-refractivity contribution in [3.63, 3.8) is 0 Å². The molecule has 0 amide bonds. The maximum Gasteiger partial charge on any atom is 0.270 e. The van der Waals surface area contributed by atoms with E-state index in [0.717, 1.165) is 24.5 Å². The number of methoxy groups -OCH3 is 1. The van der Waals surface area contributed by atoms with Crippen molar-refractivity contribution >= 4 is 21.4 Å². The van der Waals surface area contributed by atoms with Crippen LogP contribution in [0, 0.1) is 15.9 Å². The molecule has 0 radical (unpaired) electrons. The number of nitrogens with two attached hydrogens (primary N) is 1. The lowest BCUT2D eigenvalue weighted by molar-refractivity contribution is -0.385. The minimum absolute atomic E-state index is 0.0592. The number of sulfone groups is 1. The van der Waals surface area contributed by atoms with Crippen molar-refractivity contribution < 1.29 is 22.5 Å². The molecule has 1 heterocycles. The van der Waals surface area contributed by atoms with Crippen molar-refractivity contribution in [1.29, 1.82) is 0 Å². The Bertz CT molecular complexity index is 857. The molecule has 1 aliphatic rings. The number of rotatable bonds is 4. The molecule has 138 valence electrons. The molecule has 1 aromatic carbocycles. The van der Waals surface area contributed by atoms with E-state index in [4.69, 9.17) is 10.5 Å². The van der Waals surface area contributed by atoms with Crippen molar-refractivity contribution in [2.75, 3.05) is 13.4 Å². The van der Waals surface area contributed by atoms with Gasteiger partial charge in [-0.25, -0.2) is 12.8 Å². The van der Waals surface area contributed by atoms with Crippen molar-refractivity contribution in [3.05, 3.63) is 39.7 Å². The fraction of sp³-hybridized carbons (Fsp3) is 0.533. The predicted molar refractivity (Wildman–Crippen MR) is 90.7 cm³/mol. The summed E-state index contributed by atoms with van der Waals surface area (Å²) in [7, 11) is -2.27. The predicted octanol–water partition coefficient (Wildman–Crippen LogP) is 1.53. The van der Waals surface area contributed by atoms with E-state index in [1.54, 1.807) is 0 Å². The Balaban J connectivity index is 2.72. The molecule has 2 N–H and O–H groups in total. The number of halogens is 1. The summed E-state index contributed by atoms with van der Waals surface area (Å²) in [6.45, 7) is 2.94. The van der Waals surface area contributed by atoms with Crippen molar-refractivity contribution in [2.24, 2.45) is 10.7 Å². The SMILES string of the molecule is CO[C@@H]1CC(C)(S(C)(=O)=O)C(N)=N[C@]1(C)c1cc([N+](=O)[O-])ccc1F. The van der Waals surface area contributed by atoms with E-state index >= 15 is 0 Å². The largest absolute Gasteiger partial charge is 0.386 e. The molecule has 0 saturated carbocycles. The van der Waals surface area contributed by atoms with Crippen LogP contribution in [0.5, 0.6) is 0 Å². The van der Waals surface area contributed by atoms with Crippen LogP contribution >= 0.6 is 0 Å². The molecule has 0 spiro atoms. The first-order valence-electron chi connectivity index (χ1n) is 7.39. The van der Waals surface area contributed by atoms with Gasteiger partial charge in [0.15, 0.2) is 9.84 Å². The molecule has 3 atom stereocenters. The number of non-ortho nitro benzene ring substituents is 1. The highest BCUT2D eigenvalue weighted by Crippen LogP contribution is 2.43. The quantitative estimate of drug-likeness (QED) is 0.630. The fourth-order valence-corrected chi connectivity index (χ4v) is 3.88. The first kappa shape index (κ1) is 19.3. The highest BCUT2D eigenvalue weighted by molar-refractivity contribution is 7.92. The molecular formula is C15H20FN3O5S. The van der Waals surface area contributed by atoms with Crippen LogP contribution in [0.3, 0.4) is 0 Å². The summed E-state index contributed by atoms with van der Waals surface area (Å²) in [5, 5.41) is 11.0. The third kappa shape index (κ3) is 2.99. The van der Waals surface area contributed by atoms with Gasteiger partial charge in [-0.3, -0.25) is 15.1 Å². The van der Waals surface area contributed by atoms with Gasteiger partial charge in [0.1, 0.15) is 21.9 Å². The first-order valence-corrected chi connectivity index (χ1v) is 9.28. The van der Waals surface area contributed by atoms with Crippen LogP contribution in [-0.2, 0) is 20.1 Å². The highest BCUT2D eigenvalue weighted by Gasteiger charge is 2.53. The van der Waals surface area contributed by atoms with Crippen molar-refractivity contribution in [1.82, 2.24) is 0 Å². The summed E-state index contributed by atoms with van der Waals surface area (Å²) in [5.41, 5.74) is 4.15. The molecule has 25 heavy (non-hydrogen) atoms. The van der Waals surface area contributed by atoms with Gasteiger partial charge in [0.05, 0.1) is 11.0 Å². The molecule has 10 heteroatoms. The Morgan fingerprint density at radius 2 is 2.04 bits per heavy atom. The number of nitro groups is 1. The summed E-state index contributed by atoms with van der Waals surface area (Å²) < 4.78 is 42.7. The van der Waals surface area contributed by atoms with E-state index in [9.17, 15) is 22.9 Å². The van der Waals surface area contributed by atoms with Gasteiger partial charge in [0, 0.05) is 37.5 Å². The highest BCUT2D eigenvalue weighted by atomic mass is 32.2. The average Bonchev–Trinajstić information content (AvgIpc) is 2.49. The van der Waals surface area contributed by atoms with Gasteiger partial charge in [0.2, 0.25) is 0 Å². The lowest BCUT2D eigenvalue weighted by atomic mass is 9.78. The van der Waals surface area contributed by atoms with Gasteiger partial charge in [-0.1, -0.05) is 0 Å². The molecule has 0 saturated heterocycles. The third-order valence-corrected chi connectivity index (χ3v) is 6.92. The number of hydrogen-bond donors (Lipinski definition) is 1. The lowest BCUT2D eigenvalue weighted by Gasteiger charge is -2.44. The van der Waals surface area contributed by atoms with E-state index in [2.05, 4.69) is 4.99 Å². The summed E-state index contributed by atoms with van der Waals surface area (Å²) in [6, 6.07) is 3.09. The van der Waals surface area contributed by atoms with Crippen molar-refractivity contribution in [3.8, 4) is 0 Å². The number of benzene rings is 1. The normalized spacial score (nSPS) is 30.0. The second-order valence-corrected chi connectivity index (χ2v) is 8.94. The molecule has 0 fully saturated rings. The molecule has 1 aromatic rings. The minimum atomic E-state index is -3.62. The molecule has 0 aliphatic carbocycles. The average molecular weight is 373 g/mol. The number of nitro benzene ring substituents is 1. The summed E-state index contributed by atoms with van der Waals surface area (Å²) in [4.78, 5) is 14.6. The number of nitrogens with zero attached hydrogens (tertiary/aromatic N) is 2. The summed E-state index contributed by atoms with van der Waals surface area (Å²) in [5.74, 6) is -0.897. The number of ether oxygens (including phenoxy) is 1. The van der Waals surface area contributed by atoms with Gasteiger partial charge in [-0.05, 0) is 19.9 Å². The Labute approximate surface area is 145 Å². The molecule has 1 aliphatic heterocycles. The van der Waals surface area contributed by atoms with Gasteiger partial charge in [0.25, 0.3) is 5.69 Å². The first-order chi connectivity index (χ1) is 11.4. The van der Waals surface area contributed by atoms with Gasteiger partial charge < -0.3 is 10.5 Å². The minimum Gasteiger partial charge on any atom is -0.386 e. The Kier molecular flexibility index (Phi) is 4.64. The monoisotopic (exact) mass is 373 g/mol. The van der Waals surface area contributed by atoms with E-state index in [0.29, 0.717) is 0 Å². The van der Waals surface area contributed by atoms with Gasteiger partial charge >= 0.3 is 0 Å². The fourth-order valence-electron chi connectivity index (χ4n) is 3.00. The molecule has 1 unspecified atom stereocenters. The van der Waals surface area contributed by atoms with Crippen LogP contribution < -0.4 is 5.73 Å². The van der Waals surface area contributed by atoms with Crippen molar-refractivity contribution in [2.45, 2.75) is 36.7 Å². The number of hydrogen-bond acceptors (Lipinski definition) is 7. The molecule has 8 nitrogen and oxygen atoms in total. The Hall–Kier alpha value is -2.07. The second-order valence-electron chi connectivity index (χ2n) is 6.50. The van der Waals surface area contributed by atoms with Crippen LogP contribution in [0.4, 0.5) is 10.1 Å². The maximum absolute atomic E-state index is 14.4. The van der Waals surface area contributed by atoms with Crippen LogP contribution in [0.15, 0.2) is 23.2 Å². The third-order valence-electron chi connectivity index (χ3n) is 4.91. The van der Waals surface area contributed by atoms with Crippen LogP contribution in [0.25, 0.3) is 0 Å². The molecular weight excluding hydrogens is 353 g/mol. The smallest absolute Gasteiger partial charge is 0.270 e. The van der Waals surface area contributed by atoms with E-state index in [-0.39, 0.29) is 23.5 Å². The number of aliphatic imine (C=N–C) groups is 1. The van der Waals surface area contributed by atoms with E-state index < -0.39 is 37.0 Å². The van der Waals surface area contributed by atoms with Crippen LogP contribution in [0.2, 0.25) is 0 Å². The standard InChI is InChI=1S/C15H20FN3O5S/c1-14(25(4,22)23)8-12(24-3)15(2,18-13(14)17)10-7-9(19(20)21)5-6-11(10)16/h5-7,12H,8H2,1-4H3,(H2,17,18)/t12-,14?,15-/m1/s1. The van der Waals surface area contributed by atoms with E-state index in [1.807, 2.05) is 0 Å². The summed E-state index contributed by atoms with van der Waals surface area (Å²) in [6.07, 6.45) is 0.130. The summed E-state index contributed by atoms with van der Waals surface area (Å²) >= 11 is 0. The zero-order valence-electron chi connectivity index (χ0n) is 14.3. The van der Waals surface area contributed by atoms with Crippen LogP contribution in [0.1, 0.15) is 25.8 Å². The lowest BCUT2D eigenvalue weighted by Crippen LogP contribution is -2.58. The molecule has 0 bridgehead atoms. The molecule has 0 aromatic heterocycles. The zero-order valence-corrected chi connectivity index (χ0v) is 15.1. The maximum atomic E-state index is 14.4. The Morgan fingerprint density at radius 3 is 2.52 bits per heavy atom. The number of amidine groups is 1. The second kappa shape index (κ2) is 6.03. The van der Waals surface area contributed by atoms with Gasteiger partial charge in [-0.2, -0.15) is 0 Å². The van der Waals surface area contributed by atoms with Crippen LogP contribution in [-0.4, -0.2) is 43.4 Å². The Morgan fingerprint density at radius 1 is 1.44 bits per heavy atom. The zero-order chi connectivity index (χ0) is 19.2. The van der Waals surface area contributed by atoms with Gasteiger partial charge in [-0.15, -0.1) is 0 Å². The molecule has 2 rings (SSSR count). The van der Waals surface area contributed by atoms with E-state index in [1.165, 1.54) is 21.0 Å². The topological polar surface area (TPSA) is 125 Å².